The zero-order valence-electron chi connectivity index (χ0n) is 18.4. The third-order valence-electron chi connectivity index (χ3n) is 5.86. The third-order valence-corrected chi connectivity index (χ3v) is 7.64. The maximum Gasteiger partial charge on any atom is 0.388 e. The maximum atomic E-state index is 13.6. The molecule has 1 aromatic carbocycles. The van der Waals surface area contributed by atoms with Gasteiger partial charge in [0, 0.05) is 5.69 Å². The van der Waals surface area contributed by atoms with Gasteiger partial charge in [-0.2, -0.15) is 8.78 Å². The molecule has 1 aliphatic rings. The molecule has 0 saturated heterocycles. The zero-order chi connectivity index (χ0) is 23.7. The molecule has 2 aromatic rings. The van der Waals surface area contributed by atoms with Crippen molar-refractivity contribution in [3.8, 4) is 5.88 Å². The molecule has 0 aliphatic heterocycles. The average Bonchev–Trinajstić information content (AvgIpc) is 2.69. The van der Waals surface area contributed by atoms with Crippen LogP contribution in [0.25, 0.3) is 0 Å². The van der Waals surface area contributed by atoms with Gasteiger partial charge in [-0.05, 0) is 56.0 Å². The Morgan fingerprint density at radius 3 is 2.44 bits per heavy atom. The van der Waals surface area contributed by atoms with Gasteiger partial charge in [-0.1, -0.05) is 38.1 Å². The van der Waals surface area contributed by atoms with Crippen molar-refractivity contribution < 1.29 is 26.7 Å². The van der Waals surface area contributed by atoms with Crippen LogP contribution in [0.2, 0.25) is 0 Å². The molecule has 174 valence electrons. The largest absolute Gasteiger partial charge is 0.415 e. The average molecular weight is 468 g/mol. The van der Waals surface area contributed by atoms with Gasteiger partial charge >= 0.3 is 6.61 Å². The summed E-state index contributed by atoms with van der Waals surface area (Å²) in [5.41, 5.74) is 0.965. The van der Waals surface area contributed by atoms with Crippen LogP contribution in [0.4, 0.5) is 14.5 Å². The predicted octanol–water partition coefficient (Wildman–Crippen LogP) is 3.70. The molecule has 1 aromatic heterocycles. The maximum absolute atomic E-state index is 13.6. The van der Waals surface area contributed by atoms with E-state index in [4.69, 9.17) is 0 Å². The third kappa shape index (κ3) is 4.61. The Balaban J connectivity index is 2.02. The summed E-state index contributed by atoms with van der Waals surface area (Å²) in [6.07, 6.45) is 0.131. The van der Waals surface area contributed by atoms with Gasteiger partial charge in [0.15, 0.2) is 0 Å². The number of carbonyl (C=O) groups excluding carboxylic acids is 1. The normalized spacial score (nSPS) is 20.8. The van der Waals surface area contributed by atoms with Crippen molar-refractivity contribution >= 4 is 21.6 Å². The van der Waals surface area contributed by atoms with Gasteiger partial charge in [0.2, 0.25) is 21.8 Å². The highest BCUT2D eigenvalue weighted by molar-refractivity contribution is 7.90. The van der Waals surface area contributed by atoms with Gasteiger partial charge in [0.1, 0.15) is 5.69 Å². The molecule has 0 spiro atoms. The molecule has 3 rings (SSSR count). The van der Waals surface area contributed by atoms with Crippen LogP contribution in [0.15, 0.2) is 36.4 Å². The number of benzene rings is 1. The van der Waals surface area contributed by atoms with E-state index in [1.54, 1.807) is 19.1 Å². The van der Waals surface area contributed by atoms with Crippen molar-refractivity contribution in [1.29, 1.82) is 0 Å². The first-order valence-electron chi connectivity index (χ1n) is 10.3. The highest BCUT2D eigenvalue weighted by Crippen LogP contribution is 2.49. The number of alkyl halides is 2. The van der Waals surface area contributed by atoms with E-state index in [9.17, 15) is 22.0 Å². The minimum Gasteiger partial charge on any atom is -0.415 e. The number of anilines is 1. The van der Waals surface area contributed by atoms with Gasteiger partial charge in [-0.15, -0.1) is 0 Å². The fraction of sp³-hybridized carbons (Fsp3) is 0.455. The van der Waals surface area contributed by atoms with Crippen molar-refractivity contribution in [1.82, 2.24) is 9.71 Å². The number of hydrogen-bond donors (Lipinski definition) is 2. The molecule has 1 fully saturated rings. The lowest BCUT2D eigenvalue weighted by atomic mass is 9.61. The highest BCUT2D eigenvalue weighted by Gasteiger charge is 2.56. The summed E-state index contributed by atoms with van der Waals surface area (Å²) >= 11 is 0. The second kappa shape index (κ2) is 9.11. The molecule has 1 heterocycles. The topological polar surface area (TPSA) is 97.4 Å². The predicted molar refractivity (Wildman–Crippen MR) is 117 cm³/mol. The fourth-order valence-corrected chi connectivity index (χ4v) is 5.45. The van der Waals surface area contributed by atoms with Crippen LogP contribution in [0.3, 0.4) is 0 Å². The van der Waals surface area contributed by atoms with E-state index in [0.717, 1.165) is 11.1 Å². The number of amides is 1. The Morgan fingerprint density at radius 1 is 1.19 bits per heavy atom. The summed E-state index contributed by atoms with van der Waals surface area (Å²) in [6.45, 7) is 2.49. The van der Waals surface area contributed by atoms with Gasteiger partial charge in [0.05, 0.1) is 10.7 Å². The number of hydrogen-bond acceptors (Lipinski definition) is 5. The van der Waals surface area contributed by atoms with E-state index in [1.165, 1.54) is 13.1 Å². The lowest BCUT2D eigenvalue weighted by molar-refractivity contribution is -0.124. The lowest BCUT2D eigenvalue weighted by Crippen LogP contribution is -2.57. The molecule has 32 heavy (non-hydrogen) atoms. The molecule has 1 aliphatic carbocycles. The summed E-state index contributed by atoms with van der Waals surface area (Å²) in [5.74, 6) is -0.785. The number of nitrogens with one attached hydrogen (secondary N) is 2. The summed E-state index contributed by atoms with van der Waals surface area (Å²) in [7, 11) is -2.24. The second-order valence-corrected chi connectivity index (χ2v) is 10.4. The quantitative estimate of drug-likeness (QED) is 0.617. The van der Waals surface area contributed by atoms with Crippen molar-refractivity contribution in [3.63, 3.8) is 0 Å². The molecule has 1 saturated carbocycles. The standard InChI is InChI=1S/C22H27F2N3O4S/c1-13(2)16-7-5-6-8-17(16)22(11-15(12-22)32(29,30)25-4)20(28)27-18-10-9-14(3)26-19(18)31-21(23)24/h5-10,13,15,21,25H,11-12H2,1-4H3,(H,27,28). The lowest BCUT2D eigenvalue weighted by Gasteiger charge is -2.47. The van der Waals surface area contributed by atoms with Gasteiger partial charge in [-0.25, -0.2) is 18.1 Å². The van der Waals surface area contributed by atoms with E-state index in [2.05, 4.69) is 19.8 Å². The summed E-state index contributed by atoms with van der Waals surface area (Å²) in [4.78, 5) is 17.5. The van der Waals surface area contributed by atoms with Crippen molar-refractivity contribution in [2.45, 2.75) is 56.8 Å². The van der Waals surface area contributed by atoms with E-state index < -0.39 is 33.2 Å². The Morgan fingerprint density at radius 2 is 1.84 bits per heavy atom. The molecule has 7 nitrogen and oxygen atoms in total. The molecule has 0 bridgehead atoms. The number of sulfonamides is 1. The second-order valence-electron chi connectivity index (χ2n) is 8.24. The number of halogens is 2. The van der Waals surface area contributed by atoms with Crippen molar-refractivity contribution in [3.05, 3.63) is 53.2 Å². The van der Waals surface area contributed by atoms with Crippen LogP contribution < -0.4 is 14.8 Å². The highest BCUT2D eigenvalue weighted by atomic mass is 32.2. The Labute approximate surface area is 186 Å². The number of aromatic nitrogens is 1. The Kier molecular flexibility index (Phi) is 6.85. The number of carbonyl (C=O) groups is 1. The molecular weight excluding hydrogens is 440 g/mol. The van der Waals surface area contributed by atoms with Crippen LogP contribution in [0, 0.1) is 6.92 Å². The van der Waals surface area contributed by atoms with Crippen LogP contribution >= 0.6 is 0 Å². The number of ether oxygens (including phenoxy) is 1. The first kappa shape index (κ1) is 24.1. The van der Waals surface area contributed by atoms with Gasteiger partial charge in [0.25, 0.3) is 0 Å². The Bertz CT molecular complexity index is 1100. The first-order valence-corrected chi connectivity index (χ1v) is 11.8. The van der Waals surface area contributed by atoms with Crippen LogP contribution in [-0.2, 0) is 20.2 Å². The monoisotopic (exact) mass is 467 g/mol. The molecular formula is C22H27F2N3O4S. The fourth-order valence-electron chi connectivity index (χ4n) is 4.11. The number of rotatable bonds is 8. The number of aryl methyl sites for hydroxylation is 1. The smallest absolute Gasteiger partial charge is 0.388 e. The van der Waals surface area contributed by atoms with Crippen LogP contribution in [-0.4, -0.2) is 38.2 Å². The minimum atomic E-state index is -3.58. The summed E-state index contributed by atoms with van der Waals surface area (Å²) in [6, 6.07) is 10.4. The minimum absolute atomic E-state index is 0.00206. The summed E-state index contributed by atoms with van der Waals surface area (Å²) in [5, 5.41) is 1.92. The SMILES string of the molecule is CNS(=O)(=O)C1CC(C(=O)Nc2ccc(C)nc2OC(F)F)(c2ccccc2C(C)C)C1. The molecule has 1 amide bonds. The number of nitrogens with zero attached hydrogens (tertiary/aromatic N) is 1. The number of pyridine rings is 1. The molecule has 10 heteroatoms. The summed E-state index contributed by atoms with van der Waals surface area (Å²) < 4.78 is 57.2. The zero-order valence-corrected chi connectivity index (χ0v) is 19.2. The van der Waals surface area contributed by atoms with E-state index in [-0.39, 0.29) is 30.3 Å². The molecule has 0 unspecified atom stereocenters. The van der Waals surface area contributed by atoms with Crippen LogP contribution in [0.1, 0.15) is 49.4 Å². The van der Waals surface area contributed by atoms with Crippen molar-refractivity contribution in [2.75, 3.05) is 12.4 Å². The molecule has 2 N–H and O–H groups in total. The first-order chi connectivity index (χ1) is 15.0. The van der Waals surface area contributed by atoms with E-state index in [1.807, 2.05) is 32.0 Å². The molecule has 0 atom stereocenters. The van der Waals surface area contributed by atoms with Crippen molar-refractivity contribution in [2.24, 2.45) is 0 Å². The van der Waals surface area contributed by atoms with Gasteiger partial charge in [-0.3, -0.25) is 4.79 Å². The molecule has 0 radical (unpaired) electrons. The Hall–Kier alpha value is -2.59. The van der Waals surface area contributed by atoms with E-state index in [0.29, 0.717) is 5.69 Å². The van der Waals surface area contributed by atoms with Crippen LogP contribution in [0.5, 0.6) is 5.88 Å². The van der Waals surface area contributed by atoms with E-state index >= 15 is 0 Å². The van der Waals surface area contributed by atoms with Gasteiger partial charge < -0.3 is 10.1 Å².